The molecule has 30 heavy (non-hydrogen) atoms. The number of benzene rings is 1. The molecule has 2 atom stereocenters. The highest BCUT2D eigenvalue weighted by molar-refractivity contribution is 6.33. The minimum Gasteiger partial charge on any atom is -0.382 e. The second kappa shape index (κ2) is 10.2. The third-order valence-electron chi connectivity index (χ3n) is 5.76. The summed E-state index contributed by atoms with van der Waals surface area (Å²) in [5, 5.41) is 10.3. The third kappa shape index (κ3) is 5.50. The standard InChI is InChI=1S/C23H29ClN4O2/c24-21-15-27-22(28-23(29)17-6-4-9-25-13-17)12-20(21)16-5-3-7-18(11-16)26-14-19-8-1-2-10-30-19/h3,5,7,11-12,15,17,19,25-26H,1-2,4,6,8-10,13-14H2,(H,27,28,29). The van der Waals surface area contributed by atoms with Crippen LogP contribution < -0.4 is 16.0 Å². The summed E-state index contributed by atoms with van der Waals surface area (Å²) < 4.78 is 5.80. The van der Waals surface area contributed by atoms with Crippen LogP contribution in [0.2, 0.25) is 5.02 Å². The lowest BCUT2D eigenvalue weighted by Crippen LogP contribution is -2.37. The lowest BCUT2D eigenvalue weighted by Gasteiger charge is -2.23. The van der Waals surface area contributed by atoms with E-state index >= 15 is 0 Å². The second-order valence-electron chi connectivity index (χ2n) is 8.03. The Morgan fingerprint density at radius 3 is 2.97 bits per heavy atom. The van der Waals surface area contributed by atoms with E-state index in [0.29, 0.717) is 17.4 Å². The van der Waals surface area contributed by atoms with Crippen molar-refractivity contribution in [3.8, 4) is 11.1 Å². The Morgan fingerprint density at radius 1 is 1.23 bits per heavy atom. The molecule has 6 nitrogen and oxygen atoms in total. The molecule has 160 valence electrons. The molecule has 4 rings (SSSR count). The first-order chi connectivity index (χ1) is 14.7. The van der Waals surface area contributed by atoms with Crippen molar-refractivity contribution in [2.75, 3.05) is 36.9 Å². The molecule has 0 radical (unpaired) electrons. The molecule has 2 unspecified atom stereocenters. The van der Waals surface area contributed by atoms with Crippen LogP contribution in [0.5, 0.6) is 0 Å². The highest BCUT2D eigenvalue weighted by Crippen LogP contribution is 2.31. The van der Waals surface area contributed by atoms with E-state index in [1.54, 1.807) is 6.20 Å². The van der Waals surface area contributed by atoms with Gasteiger partial charge in [0, 0.05) is 37.1 Å². The van der Waals surface area contributed by atoms with Gasteiger partial charge >= 0.3 is 0 Å². The van der Waals surface area contributed by atoms with E-state index in [0.717, 1.165) is 62.2 Å². The van der Waals surface area contributed by atoms with Crippen LogP contribution >= 0.6 is 11.6 Å². The molecule has 3 N–H and O–H groups in total. The highest BCUT2D eigenvalue weighted by Gasteiger charge is 2.21. The van der Waals surface area contributed by atoms with Crippen molar-refractivity contribution >= 4 is 29.0 Å². The van der Waals surface area contributed by atoms with Crippen molar-refractivity contribution in [3.63, 3.8) is 0 Å². The second-order valence-corrected chi connectivity index (χ2v) is 8.44. The number of nitrogens with one attached hydrogen (secondary N) is 3. The van der Waals surface area contributed by atoms with E-state index in [9.17, 15) is 4.79 Å². The van der Waals surface area contributed by atoms with Crippen molar-refractivity contribution < 1.29 is 9.53 Å². The van der Waals surface area contributed by atoms with Crippen molar-refractivity contribution in [1.29, 1.82) is 0 Å². The maximum Gasteiger partial charge on any atom is 0.229 e. The number of carbonyl (C=O) groups is 1. The Balaban J connectivity index is 1.45. The monoisotopic (exact) mass is 428 g/mol. The molecular weight excluding hydrogens is 400 g/mol. The molecule has 1 amide bonds. The van der Waals surface area contributed by atoms with Gasteiger partial charge in [-0.05, 0) is 62.4 Å². The third-order valence-corrected chi connectivity index (χ3v) is 6.06. The van der Waals surface area contributed by atoms with E-state index in [4.69, 9.17) is 16.3 Å². The van der Waals surface area contributed by atoms with Crippen LogP contribution in [0.1, 0.15) is 32.1 Å². The summed E-state index contributed by atoms with van der Waals surface area (Å²) in [5.41, 5.74) is 2.85. The van der Waals surface area contributed by atoms with Crippen LogP contribution in [0, 0.1) is 5.92 Å². The Labute approximate surface area is 182 Å². The first-order valence-corrected chi connectivity index (χ1v) is 11.2. The molecule has 3 heterocycles. The zero-order valence-corrected chi connectivity index (χ0v) is 17.9. The maximum atomic E-state index is 12.5. The normalized spacial score (nSPS) is 21.8. The van der Waals surface area contributed by atoms with Gasteiger partial charge in [-0.1, -0.05) is 23.7 Å². The largest absolute Gasteiger partial charge is 0.382 e. The quantitative estimate of drug-likeness (QED) is 0.638. The summed E-state index contributed by atoms with van der Waals surface area (Å²) in [6.45, 7) is 3.34. The molecule has 2 aliphatic rings. The molecule has 7 heteroatoms. The number of rotatable bonds is 6. The number of piperidine rings is 1. The van der Waals surface area contributed by atoms with Gasteiger partial charge in [-0.25, -0.2) is 4.98 Å². The number of hydrogen-bond donors (Lipinski definition) is 3. The lowest BCUT2D eigenvalue weighted by atomic mass is 9.99. The predicted molar refractivity (Wildman–Crippen MR) is 121 cm³/mol. The molecule has 2 aromatic rings. The van der Waals surface area contributed by atoms with E-state index in [2.05, 4.69) is 27.0 Å². The van der Waals surface area contributed by atoms with Crippen LogP contribution in [-0.2, 0) is 9.53 Å². The van der Waals surface area contributed by atoms with Crippen LogP contribution in [0.25, 0.3) is 11.1 Å². The summed E-state index contributed by atoms with van der Waals surface area (Å²) in [7, 11) is 0. The van der Waals surface area contributed by atoms with E-state index < -0.39 is 0 Å². The van der Waals surface area contributed by atoms with E-state index in [-0.39, 0.29) is 17.9 Å². The molecule has 2 fully saturated rings. The summed E-state index contributed by atoms with van der Waals surface area (Å²) >= 11 is 6.44. The smallest absolute Gasteiger partial charge is 0.229 e. The molecule has 1 aromatic heterocycles. The lowest BCUT2D eigenvalue weighted by molar-refractivity contribution is -0.120. The molecule has 2 aliphatic heterocycles. The minimum atomic E-state index is -0.0192. The van der Waals surface area contributed by atoms with Crippen LogP contribution in [-0.4, -0.2) is 43.2 Å². The molecule has 0 bridgehead atoms. The van der Waals surface area contributed by atoms with Crippen LogP contribution in [0.3, 0.4) is 0 Å². The van der Waals surface area contributed by atoms with Gasteiger partial charge in [0.25, 0.3) is 0 Å². The zero-order chi connectivity index (χ0) is 20.8. The van der Waals surface area contributed by atoms with Crippen molar-refractivity contribution in [2.24, 2.45) is 5.92 Å². The fraction of sp³-hybridized carbons (Fsp3) is 0.478. The maximum absolute atomic E-state index is 12.5. The van der Waals surface area contributed by atoms with E-state index in [1.807, 2.05) is 24.3 Å². The minimum absolute atomic E-state index is 0.00544. The Hall–Kier alpha value is -2.15. The van der Waals surface area contributed by atoms with Crippen LogP contribution in [0.4, 0.5) is 11.5 Å². The average molecular weight is 429 g/mol. The topological polar surface area (TPSA) is 75.3 Å². The zero-order valence-electron chi connectivity index (χ0n) is 17.1. The Morgan fingerprint density at radius 2 is 2.17 bits per heavy atom. The number of nitrogens with zero attached hydrogens (tertiary/aromatic N) is 1. The van der Waals surface area contributed by atoms with Gasteiger partial charge in [0.1, 0.15) is 5.82 Å². The number of hydrogen-bond acceptors (Lipinski definition) is 5. The number of amides is 1. The van der Waals surface area contributed by atoms with E-state index in [1.165, 1.54) is 6.42 Å². The molecule has 0 spiro atoms. The van der Waals surface area contributed by atoms with Gasteiger partial charge < -0.3 is 20.7 Å². The van der Waals surface area contributed by atoms with Gasteiger partial charge in [-0.15, -0.1) is 0 Å². The van der Waals surface area contributed by atoms with Crippen molar-refractivity contribution in [3.05, 3.63) is 41.6 Å². The number of aromatic nitrogens is 1. The fourth-order valence-corrected chi connectivity index (χ4v) is 4.24. The summed E-state index contributed by atoms with van der Waals surface area (Å²) in [4.78, 5) is 16.8. The first-order valence-electron chi connectivity index (χ1n) is 10.8. The van der Waals surface area contributed by atoms with Crippen molar-refractivity contribution in [1.82, 2.24) is 10.3 Å². The number of pyridine rings is 1. The van der Waals surface area contributed by atoms with Gasteiger partial charge in [0.2, 0.25) is 5.91 Å². The number of ether oxygens (including phenoxy) is 1. The summed E-state index contributed by atoms with van der Waals surface area (Å²) in [6, 6.07) is 9.98. The van der Waals surface area contributed by atoms with Gasteiger partial charge in [-0.2, -0.15) is 0 Å². The number of carbonyl (C=O) groups excluding carboxylic acids is 1. The average Bonchev–Trinajstić information content (AvgIpc) is 2.80. The molecule has 1 aromatic carbocycles. The Kier molecular flexibility index (Phi) is 7.20. The number of anilines is 2. The summed E-state index contributed by atoms with van der Waals surface area (Å²) in [5.74, 6) is 0.513. The summed E-state index contributed by atoms with van der Waals surface area (Å²) in [6.07, 6.45) is 7.26. The van der Waals surface area contributed by atoms with Gasteiger partial charge in [-0.3, -0.25) is 4.79 Å². The predicted octanol–water partition coefficient (Wildman–Crippen LogP) is 4.32. The molecule has 0 saturated carbocycles. The van der Waals surface area contributed by atoms with Gasteiger partial charge in [0.15, 0.2) is 0 Å². The number of halogens is 1. The van der Waals surface area contributed by atoms with Gasteiger partial charge in [0.05, 0.1) is 17.0 Å². The highest BCUT2D eigenvalue weighted by atomic mass is 35.5. The Bertz CT molecular complexity index is 864. The van der Waals surface area contributed by atoms with Crippen molar-refractivity contribution in [2.45, 2.75) is 38.2 Å². The molecule has 0 aliphatic carbocycles. The SMILES string of the molecule is O=C(Nc1cc(-c2cccc(NCC3CCCCO3)c2)c(Cl)cn1)C1CCCNC1. The molecule has 2 saturated heterocycles. The van der Waals surface area contributed by atoms with Crippen LogP contribution in [0.15, 0.2) is 36.5 Å². The fourth-order valence-electron chi connectivity index (χ4n) is 4.03. The molecular formula is C23H29ClN4O2. The first kappa shape index (κ1) is 21.1.